The molecule has 1 aliphatic rings. The zero-order chi connectivity index (χ0) is 17.4. The number of nitrogens with one attached hydrogen (secondary N) is 1. The normalized spacial score (nSPS) is 14.3. The lowest BCUT2D eigenvalue weighted by atomic mass is 10.2. The third-order valence-corrected chi connectivity index (χ3v) is 5.38. The van der Waals surface area contributed by atoms with Crippen molar-refractivity contribution < 1.29 is 4.79 Å². The van der Waals surface area contributed by atoms with Crippen molar-refractivity contribution in [3.05, 3.63) is 40.1 Å². The molecule has 8 heteroatoms. The second-order valence-corrected chi connectivity index (χ2v) is 7.34. The number of thiazole rings is 1. The highest BCUT2D eigenvalue weighted by atomic mass is 32.1. The van der Waals surface area contributed by atoms with Gasteiger partial charge in [-0.25, -0.2) is 14.5 Å². The largest absolute Gasteiger partial charge is 0.346 e. The van der Waals surface area contributed by atoms with Crippen LogP contribution in [0.3, 0.4) is 0 Å². The van der Waals surface area contributed by atoms with Crippen molar-refractivity contribution in [3.8, 4) is 0 Å². The van der Waals surface area contributed by atoms with Gasteiger partial charge in [0, 0.05) is 13.0 Å². The molecular weight excluding hydrogens is 338 g/mol. The van der Waals surface area contributed by atoms with Gasteiger partial charge in [0.2, 0.25) is 5.91 Å². The summed E-state index contributed by atoms with van der Waals surface area (Å²) in [7, 11) is 0. The number of benzene rings is 1. The molecule has 0 saturated heterocycles. The van der Waals surface area contributed by atoms with Gasteiger partial charge in [0.15, 0.2) is 5.13 Å². The summed E-state index contributed by atoms with van der Waals surface area (Å²) in [5.74, 6) is 0.498. The van der Waals surface area contributed by atoms with Crippen LogP contribution in [-0.4, -0.2) is 25.2 Å². The number of hydrogen-bond acceptors (Lipinski definition) is 5. The lowest BCUT2D eigenvalue weighted by Crippen LogP contribution is -2.30. The van der Waals surface area contributed by atoms with E-state index in [1.54, 1.807) is 4.57 Å². The van der Waals surface area contributed by atoms with Crippen molar-refractivity contribution in [2.75, 3.05) is 5.32 Å². The zero-order valence-corrected chi connectivity index (χ0v) is 14.8. The van der Waals surface area contributed by atoms with Gasteiger partial charge in [-0.1, -0.05) is 29.9 Å². The summed E-state index contributed by atoms with van der Waals surface area (Å²) in [5, 5.41) is 7.67. The Morgan fingerprint density at radius 3 is 3.04 bits per heavy atom. The molecule has 2 aromatic heterocycles. The standard InChI is InChI=1S/C17H19N5O2S/c1-11-6-5-7-12-15(11)19-16(25-12)18-14(23)10-22-17(24)21-9-4-2-3-8-13(21)20-22/h5-7H,2-4,8-10H2,1H3,(H,18,19,23). The number of carbonyl (C=O) groups excluding carboxylic acids is 1. The van der Waals surface area contributed by atoms with E-state index >= 15 is 0 Å². The van der Waals surface area contributed by atoms with Gasteiger partial charge in [-0.2, -0.15) is 5.10 Å². The van der Waals surface area contributed by atoms with E-state index in [0.29, 0.717) is 11.7 Å². The van der Waals surface area contributed by atoms with Crippen molar-refractivity contribution in [2.24, 2.45) is 0 Å². The third kappa shape index (κ3) is 3.09. The molecule has 1 amide bonds. The first-order chi connectivity index (χ1) is 12.1. The minimum atomic E-state index is -0.285. The van der Waals surface area contributed by atoms with E-state index in [9.17, 15) is 9.59 Å². The third-order valence-electron chi connectivity index (χ3n) is 4.44. The minimum absolute atomic E-state index is 0.0895. The van der Waals surface area contributed by atoms with Crippen LogP contribution in [0.25, 0.3) is 10.2 Å². The number of para-hydroxylation sites is 1. The smallest absolute Gasteiger partial charge is 0.300 e. The van der Waals surface area contributed by atoms with Crippen LogP contribution in [0, 0.1) is 6.92 Å². The number of amides is 1. The molecule has 1 aliphatic heterocycles. The summed E-state index contributed by atoms with van der Waals surface area (Å²) < 4.78 is 3.98. The highest BCUT2D eigenvalue weighted by Crippen LogP contribution is 2.27. The number of aromatic nitrogens is 4. The SMILES string of the molecule is Cc1cccc2sc(NC(=O)Cn3nc4n(c3=O)CCCCC4)nc12. The van der Waals surface area contributed by atoms with Gasteiger partial charge in [-0.15, -0.1) is 0 Å². The molecular formula is C17H19N5O2S. The van der Waals surface area contributed by atoms with Crippen molar-refractivity contribution >= 4 is 32.6 Å². The van der Waals surface area contributed by atoms with Gasteiger partial charge in [0.05, 0.1) is 10.2 Å². The van der Waals surface area contributed by atoms with Gasteiger partial charge in [-0.3, -0.25) is 9.36 Å². The fraction of sp³-hybridized carbons (Fsp3) is 0.412. The molecule has 3 heterocycles. The van der Waals surface area contributed by atoms with Crippen LogP contribution >= 0.6 is 11.3 Å². The molecule has 0 aliphatic carbocycles. The summed E-state index contributed by atoms with van der Waals surface area (Å²) in [6.45, 7) is 2.59. The summed E-state index contributed by atoms with van der Waals surface area (Å²) in [6.07, 6.45) is 3.92. The van der Waals surface area contributed by atoms with E-state index in [1.165, 1.54) is 16.0 Å². The molecule has 1 aromatic carbocycles. The molecule has 0 atom stereocenters. The number of aryl methyl sites for hydroxylation is 2. The van der Waals surface area contributed by atoms with E-state index < -0.39 is 0 Å². The maximum Gasteiger partial charge on any atom is 0.346 e. The van der Waals surface area contributed by atoms with Crippen LogP contribution in [-0.2, 0) is 24.3 Å². The molecule has 0 bridgehead atoms. The predicted molar refractivity (Wildman–Crippen MR) is 97.0 cm³/mol. The molecule has 7 nitrogen and oxygen atoms in total. The van der Waals surface area contributed by atoms with Gasteiger partial charge in [0.25, 0.3) is 0 Å². The molecule has 130 valence electrons. The average molecular weight is 357 g/mol. The number of rotatable bonds is 3. The lowest BCUT2D eigenvalue weighted by molar-refractivity contribution is -0.117. The van der Waals surface area contributed by atoms with Crippen LogP contribution in [0.4, 0.5) is 5.13 Å². The Kier molecular flexibility index (Phi) is 4.12. The zero-order valence-electron chi connectivity index (χ0n) is 14.0. The highest BCUT2D eigenvalue weighted by molar-refractivity contribution is 7.22. The topological polar surface area (TPSA) is 81.8 Å². The van der Waals surface area contributed by atoms with E-state index in [0.717, 1.165) is 47.3 Å². The molecule has 0 radical (unpaired) electrons. The number of fused-ring (bicyclic) bond motifs is 2. The Labute approximate surface area is 148 Å². The number of hydrogen-bond donors (Lipinski definition) is 1. The molecule has 4 rings (SSSR count). The molecule has 0 fully saturated rings. The first-order valence-electron chi connectivity index (χ1n) is 8.44. The fourth-order valence-corrected chi connectivity index (χ4v) is 4.12. The van der Waals surface area contributed by atoms with Crippen molar-refractivity contribution in [3.63, 3.8) is 0 Å². The van der Waals surface area contributed by atoms with Gasteiger partial charge in [0.1, 0.15) is 12.4 Å². The number of anilines is 1. The maximum atomic E-state index is 12.4. The van der Waals surface area contributed by atoms with Crippen molar-refractivity contribution in [1.82, 2.24) is 19.3 Å². The number of carbonyl (C=O) groups is 1. The molecule has 0 spiro atoms. The van der Waals surface area contributed by atoms with Crippen LogP contribution in [0.2, 0.25) is 0 Å². The summed E-state index contributed by atoms with van der Waals surface area (Å²) in [6, 6.07) is 5.94. The van der Waals surface area contributed by atoms with Crippen LogP contribution in [0.1, 0.15) is 30.7 Å². The predicted octanol–water partition coefficient (Wildman–Crippen LogP) is 2.33. The Morgan fingerprint density at radius 2 is 2.20 bits per heavy atom. The Balaban J connectivity index is 1.52. The monoisotopic (exact) mass is 357 g/mol. The van der Waals surface area contributed by atoms with E-state index in [4.69, 9.17) is 0 Å². The van der Waals surface area contributed by atoms with Gasteiger partial charge < -0.3 is 5.32 Å². The Morgan fingerprint density at radius 1 is 1.32 bits per heavy atom. The molecule has 0 saturated carbocycles. The summed E-state index contributed by atoms with van der Waals surface area (Å²) in [4.78, 5) is 29.2. The fourth-order valence-electron chi connectivity index (χ4n) is 3.16. The minimum Gasteiger partial charge on any atom is -0.300 e. The van der Waals surface area contributed by atoms with E-state index in [-0.39, 0.29) is 18.1 Å². The Hall–Kier alpha value is -2.48. The van der Waals surface area contributed by atoms with Crippen LogP contribution in [0.15, 0.2) is 23.0 Å². The average Bonchev–Trinajstić information content (AvgIpc) is 3.01. The maximum absolute atomic E-state index is 12.4. The van der Waals surface area contributed by atoms with Crippen LogP contribution in [0.5, 0.6) is 0 Å². The highest BCUT2D eigenvalue weighted by Gasteiger charge is 2.18. The van der Waals surface area contributed by atoms with Crippen molar-refractivity contribution in [1.29, 1.82) is 0 Å². The first-order valence-corrected chi connectivity index (χ1v) is 9.26. The lowest BCUT2D eigenvalue weighted by Gasteiger charge is -2.01. The Bertz CT molecular complexity index is 1000. The second-order valence-electron chi connectivity index (χ2n) is 6.31. The van der Waals surface area contributed by atoms with Crippen LogP contribution < -0.4 is 11.0 Å². The number of nitrogens with zero attached hydrogens (tertiary/aromatic N) is 4. The van der Waals surface area contributed by atoms with E-state index in [1.807, 2.05) is 25.1 Å². The summed E-state index contributed by atoms with van der Waals surface area (Å²) >= 11 is 1.43. The summed E-state index contributed by atoms with van der Waals surface area (Å²) in [5.41, 5.74) is 1.77. The quantitative estimate of drug-likeness (QED) is 0.780. The van der Waals surface area contributed by atoms with Crippen molar-refractivity contribution in [2.45, 2.75) is 45.7 Å². The molecule has 1 N–H and O–H groups in total. The van der Waals surface area contributed by atoms with Gasteiger partial charge >= 0.3 is 5.69 Å². The van der Waals surface area contributed by atoms with Gasteiger partial charge in [-0.05, 0) is 31.4 Å². The molecule has 25 heavy (non-hydrogen) atoms. The van der Waals surface area contributed by atoms with E-state index in [2.05, 4.69) is 15.4 Å². The first kappa shape index (κ1) is 16.0. The molecule has 0 unspecified atom stereocenters. The second kappa shape index (κ2) is 6.44. The molecule has 3 aromatic rings.